The van der Waals surface area contributed by atoms with Crippen LogP contribution in [0.5, 0.6) is 0 Å². The minimum atomic E-state index is 0.976. The van der Waals surface area contributed by atoms with Crippen LogP contribution in [-0.2, 0) is 6.42 Å². The van der Waals surface area contributed by atoms with Crippen molar-refractivity contribution in [3.8, 4) is 0 Å². The van der Waals surface area contributed by atoms with Crippen LogP contribution in [0.25, 0.3) is 0 Å². The van der Waals surface area contributed by atoms with Gasteiger partial charge in [0.2, 0.25) is 0 Å². The highest BCUT2D eigenvalue weighted by Gasteiger charge is 1.91. The zero-order chi connectivity index (χ0) is 9.36. The zero-order valence-electron chi connectivity index (χ0n) is 8.37. The number of unbranched alkanes of at least 4 members (excludes halogenated alkanes) is 1. The van der Waals surface area contributed by atoms with Crippen LogP contribution in [0.2, 0.25) is 0 Å². The van der Waals surface area contributed by atoms with E-state index in [2.05, 4.69) is 42.6 Å². The molecule has 0 aliphatic heterocycles. The van der Waals surface area contributed by atoms with Gasteiger partial charge in [-0.05, 0) is 18.4 Å². The molecule has 0 atom stereocenters. The lowest BCUT2D eigenvalue weighted by Gasteiger charge is -2.01. The number of hydrogen-bond donors (Lipinski definition) is 0. The van der Waals surface area contributed by atoms with Gasteiger partial charge in [-0.1, -0.05) is 43.7 Å². The molecule has 0 saturated carbocycles. The average Bonchev–Trinajstić information content (AvgIpc) is 2.19. The second-order valence-electron chi connectivity index (χ2n) is 3.26. The van der Waals surface area contributed by atoms with Crippen LogP contribution in [0.15, 0.2) is 30.3 Å². The van der Waals surface area contributed by atoms with E-state index in [-0.39, 0.29) is 0 Å². The van der Waals surface area contributed by atoms with Gasteiger partial charge in [-0.15, -0.1) is 0 Å². The summed E-state index contributed by atoms with van der Waals surface area (Å²) in [5.74, 6) is 0. The van der Waals surface area contributed by atoms with Crippen molar-refractivity contribution in [2.75, 3.05) is 13.1 Å². The van der Waals surface area contributed by atoms with Gasteiger partial charge in [0.1, 0.15) is 0 Å². The molecule has 1 radical (unpaired) electrons. The van der Waals surface area contributed by atoms with E-state index in [4.69, 9.17) is 0 Å². The Labute approximate surface area is 81.2 Å². The summed E-state index contributed by atoms with van der Waals surface area (Å²) in [5, 5.41) is 4.46. The molecule has 0 unspecified atom stereocenters. The summed E-state index contributed by atoms with van der Waals surface area (Å²) in [7, 11) is 0. The fraction of sp³-hybridized carbons (Fsp3) is 0.500. The molecule has 1 rings (SSSR count). The Balaban J connectivity index is 2.07. The first kappa shape index (κ1) is 10.3. The lowest BCUT2D eigenvalue weighted by molar-refractivity contribution is 0.628. The lowest BCUT2D eigenvalue weighted by atomic mass is 10.1. The predicted octanol–water partition coefficient (Wildman–Crippen LogP) is 2.63. The topological polar surface area (TPSA) is 14.1 Å². The third-order valence-corrected chi connectivity index (χ3v) is 2.07. The molecule has 0 saturated heterocycles. The fourth-order valence-electron chi connectivity index (χ4n) is 1.23. The van der Waals surface area contributed by atoms with Crippen LogP contribution in [0, 0.1) is 0 Å². The van der Waals surface area contributed by atoms with Gasteiger partial charge in [-0.25, -0.2) is 5.32 Å². The Bertz CT molecular complexity index is 206. The molecule has 71 valence electrons. The molecule has 1 heteroatoms. The molecule has 0 aliphatic carbocycles. The van der Waals surface area contributed by atoms with Gasteiger partial charge < -0.3 is 0 Å². The molecule has 0 spiro atoms. The predicted molar refractivity (Wildman–Crippen MR) is 56.9 cm³/mol. The highest BCUT2D eigenvalue weighted by atomic mass is 14.8. The van der Waals surface area contributed by atoms with Gasteiger partial charge in [-0.3, -0.25) is 0 Å². The Kier molecular flexibility index (Phi) is 5.27. The molecule has 0 amide bonds. The van der Waals surface area contributed by atoms with E-state index in [1.165, 1.54) is 18.4 Å². The van der Waals surface area contributed by atoms with Gasteiger partial charge in [0.05, 0.1) is 0 Å². The Morgan fingerprint density at radius 3 is 2.54 bits per heavy atom. The smallest absolute Gasteiger partial charge is 0.0173 e. The molecule has 1 aromatic carbocycles. The van der Waals surface area contributed by atoms with Gasteiger partial charge in [0.25, 0.3) is 0 Å². The minimum absolute atomic E-state index is 0.976. The van der Waals surface area contributed by atoms with Crippen molar-refractivity contribution in [2.24, 2.45) is 0 Å². The van der Waals surface area contributed by atoms with Crippen molar-refractivity contribution < 1.29 is 0 Å². The van der Waals surface area contributed by atoms with E-state index in [0.717, 1.165) is 19.5 Å². The van der Waals surface area contributed by atoms with Crippen LogP contribution in [-0.4, -0.2) is 13.1 Å². The SMILES string of the molecule is CCCC[N]CCc1ccccc1. The third-order valence-electron chi connectivity index (χ3n) is 2.07. The van der Waals surface area contributed by atoms with Crippen molar-refractivity contribution in [1.29, 1.82) is 0 Å². The molecule has 0 fully saturated rings. The van der Waals surface area contributed by atoms with E-state index in [1.807, 2.05) is 0 Å². The Morgan fingerprint density at radius 2 is 1.85 bits per heavy atom. The lowest BCUT2D eigenvalue weighted by Crippen LogP contribution is -2.10. The maximum Gasteiger partial charge on any atom is 0.0173 e. The molecule has 0 bridgehead atoms. The molecular formula is C12H18N. The molecule has 0 aliphatic rings. The highest BCUT2D eigenvalue weighted by molar-refractivity contribution is 5.14. The van der Waals surface area contributed by atoms with Gasteiger partial charge >= 0.3 is 0 Å². The van der Waals surface area contributed by atoms with Gasteiger partial charge in [-0.2, -0.15) is 0 Å². The van der Waals surface area contributed by atoms with Crippen LogP contribution in [0.1, 0.15) is 25.3 Å². The van der Waals surface area contributed by atoms with Crippen molar-refractivity contribution >= 4 is 0 Å². The maximum absolute atomic E-state index is 4.46. The summed E-state index contributed by atoms with van der Waals surface area (Å²) < 4.78 is 0. The van der Waals surface area contributed by atoms with E-state index >= 15 is 0 Å². The highest BCUT2D eigenvalue weighted by Crippen LogP contribution is 1.98. The molecule has 13 heavy (non-hydrogen) atoms. The number of benzene rings is 1. The van der Waals surface area contributed by atoms with Crippen molar-refractivity contribution in [3.05, 3.63) is 35.9 Å². The minimum Gasteiger partial charge on any atom is -0.241 e. The van der Waals surface area contributed by atoms with Crippen molar-refractivity contribution in [2.45, 2.75) is 26.2 Å². The Hall–Kier alpha value is -0.820. The van der Waals surface area contributed by atoms with Crippen LogP contribution < -0.4 is 5.32 Å². The normalized spacial score (nSPS) is 10.2. The zero-order valence-corrected chi connectivity index (χ0v) is 8.37. The first-order chi connectivity index (χ1) is 6.43. The summed E-state index contributed by atoms with van der Waals surface area (Å²) in [6.45, 7) is 4.21. The summed E-state index contributed by atoms with van der Waals surface area (Å²) in [4.78, 5) is 0. The molecule has 0 aromatic heterocycles. The number of rotatable bonds is 6. The number of nitrogens with zero attached hydrogens (tertiary/aromatic N) is 1. The standard InChI is InChI=1S/C12H18N/c1-2-3-10-13-11-9-12-7-5-4-6-8-12/h4-8H,2-3,9-11H2,1H3. The fourth-order valence-corrected chi connectivity index (χ4v) is 1.23. The summed E-state index contributed by atoms with van der Waals surface area (Å²) >= 11 is 0. The van der Waals surface area contributed by atoms with Crippen LogP contribution in [0.4, 0.5) is 0 Å². The monoisotopic (exact) mass is 176 g/mol. The maximum atomic E-state index is 4.46. The second-order valence-corrected chi connectivity index (χ2v) is 3.26. The van der Waals surface area contributed by atoms with Gasteiger partial charge in [0.15, 0.2) is 0 Å². The largest absolute Gasteiger partial charge is 0.241 e. The van der Waals surface area contributed by atoms with Gasteiger partial charge in [0, 0.05) is 13.1 Å². The Morgan fingerprint density at radius 1 is 1.08 bits per heavy atom. The summed E-state index contributed by atoms with van der Waals surface area (Å²) in [5.41, 5.74) is 1.39. The first-order valence-electron chi connectivity index (χ1n) is 5.10. The molecule has 1 aromatic rings. The molecule has 0 heterocycles. The van der Waals surface area contributed by atoms with E-state index in [9.17, 15) is 0 Å². The number of hydrogen-bond acceptors (Lipinski definition) is 0. The summed E-state index contributed by atoms with van der Waals surface area (Å²) in [6.07, 6.45) is 3.56. The van der Waals surface area contributed by atoms with Crippen LogP contribution in [0.3, 0.4) is 0 Å². The molecule has 0 N–H and O–H groups in total. The third kappa shape index (κ3) is 4.69. The van der Waals surface area contributed by atoms with Crippen LogP contribution >= 0.6 is 0 Å². The average molecular weight is 176 g/mol. The van der Waals surface area contributed by atoms with E-state index in [1.54, 1.807) is 0 Å². The second kappa shape index (κ2) is 6.67. The first-order valence-corrected chi connectivity index (χ1v) is 5.10. The van der Waals surface area contributed by atoms with Crippen molar-refractivity contribution in [1.82, 2.24) is 5.32 Å². The van der Waals surface area contributed by atoms with E-state index < -0.39 is 0 Å². The quantitative estimate of drug-likeness (QED) is 0.592. The molecular weight excluding hydrogens is 158 g/mol. The molecule has 1 nitrogen and oxygen atoms in total. The van der Waals surface area contributed by atoms with Crippen molar-refractivity contribution in [3.63, 3.8) is 0 Å². The summed E-state index contributed by atoms with van der Waals surface area (Å²) in [6, 6.07) is 10.5. The van der Waals surface area contributed by atoms with E-state index in [0.29, 0.717) is 0 Å².